The molecule has 0 saturated carbocycles. The van der Waals surface area contributed by atoms with Crippen LogP contribution in [-0.4, -0.2) is 16.5 Å². The molecule has 0 saturated heterocycles. The molecule has 1 atom stereocenters. The quantitative estimate of drug-likeness (QED) is 0.914. The number of rotatable bonds is 2. The van der Waals surface area contributed by atoms with Gasteiger partial charge >= 0.3 is 0 Å². The van der Waals surface area contributed by atoms with Crippen LogP contribution in [0.5, 0.6) is 0 Å². The van der Waals surface area contributed by atoms with Crippen LogP contribution in [0.15, 0.2) is 18.2 Å². The highest BCUT2D eigenvalue weighted by atomic mass is 35.5. The van der Waals surface area contributed by atoms with Gasteiger partial charge in [0.05, 0.1) is 10.0 Å². The number of fused-ring (bicyclic) bond motifs is 1. The number of nitrogens with zero attached hydrogens (tertiary/aromatic N) is 2. The van der Waals surface area contributed by atoms with Gasteiger partial charge in [-0.25, -0.2) is 9.97 Å². The minimum Gasteiger partial charge on any atom is -0.330 e. The van der Waals surface area contributed by atoms with Crippen LogP contribution in [0, 0.1) is 12.8 Å². The minimum atomic E-state index is 0.524. The molecule has 1 heterocycles. The molecule has 5 heteroatoms. The van der Waals surface area contributed by atoms with E-state index in [4.69, 9.17) is 33.9 Å². The van der Waals surface area contributed by atoms with Gasteiger partial charge in [-0.2, -0.15) is 0 Å². The second-order valence-corrected chi connectivity index (χ2v) is 6.35. The van der Waals surface area contributed by atoms with Crippen LogP contribution in [0.2, 0.25) is 10.0 Å². The average Bonchev–Trinajstić information content (AvgIpc) is 2.49. The largest absolute Gasteiger partial charge is 0.330 e. The Hall–Kier alpha value is -1.16. The molecule has 0 spiro atoms. The highest BCUT2D eigenvalue weighted by Crippen LogP contribution is 2.30. The maximum atomic E-state index is 6.08. The monoisotopic (exact) mass is 321 g/mol. The van der Waals surface area contributed by atoms with Gasteiger partial charge < -0.3 is 5.73 Å². The smallest absolute Gasteiger partial charge is 0.159 e. The molecule has 1 unspecified atom stereocenters. The molecule has 2 N–H and O–H groups in total. The molecule has 0 fully saturated rings. The summed E-state index contributed by atoms with van der Waals surface area (Å²) in [7, 11) is 0. The highest BCUT2D eigenvalue weighted by Gasteiger charge is 2.22. The molecule has 3 rings (SSSR count). The number of aromatic nitrogens is 2. The summed E-state index contributed by atoms with van der Waals surface area (Å²) in [5.74, 6) is 1.27. The summed E-state index contributed by atoms with van der Waals surface area (Å²) in [6.45, 7) is 2.77. The number of hydrogen-bond donors (Lipinski definition) is 1. The van der Waals surface area contributed by atoms with Gasteiger partial charge in [0.25, 0.3) is 0 Å². The van der Waals surface area contributed by atoms with Crippen molar-refractivity contribution >= 4 is 23.2 Å². The first-order valence-electron chi connectivity index (χ1n) is 7.10. The van der Waals surface area contributed by atoms with Crippen molar-refractivity contribution < 1.29 is 0 Å². The number of halogens is 2. The first kappa shape index (κ1) is 14.8. The van der Waals surface area contributed by atoms with Crippen molar-refractivity contribution in [3.05, 3.63) is 45.2 Å². The summed E-state index contributed by atoms with van der Waals surface area (Å²) in [6.07, 6.45) is 3.05. The number of aryl methyl sites for hydroxylation is 2. The molecule has 0 aliphatic heterocycles. The van der Waals surface area contributed by atoms with Crippen LogP contribution in [0.3, 0.4) is 0 Å². The zero-order chi connectivity index (χ0) is 15.0. The number of benzene rings is 1. The van der Waals surface area contributed by atoms with Crippen LogP contribution in [0.4, 0.5) is 0 Å². The van der Waals surface area contributed by atoms with Gasteiger partial charge in [0.2, 0.25) is 0 Å². The van der Waals surface area contributed by atoms with Gasteiger partial charge in [-0.05, 0) is 62.4 Å². The van der Waals surface area contributed by atoms with Crippen molar-refractivity contribution in [1.82, 2.24) is 9.97 Å². The van der Waals surface area contributed by atoms with Gasteiger partial charge in [-0.3, -0.25) is 0 Å². The average molecular weight is 322 g/mol. The molecule has 110 valence electrons. The Morgan fingerprint density at radius 1 is 1.24 bits per heavy atom. The first-order chi connectivity index (χ1) is 10.1. The summed E-state index contributed by atoms with van der Waals surface area (Å²) < 4.78 is 0. The molecule has 0 amide bonds. The third-order valence-corrected chi connectivity index (χ3v) is 4.83. The SMILES string of the molecule is Cc1nc(-c2ccc(Cl)c(Cl)c2)nc2c1CC(CN)CC2. The van der Waals surface area contributed by atoms with Crippen LogP contribution >= 0.6 is 23.2 Å². The molecule has 0 radical (unpaired) electrons. The molecular weight excluding hydrogens is 305 g/mol. The van der Waals surface area contributed by atoms with E-state index in [1.54, 1.807) is 6.07 Å². The van der Waals surface area contributed by atoms with E-state index in [2.05, 4.69) is 4.98 Å². The number of hydrogen-bond acceptors (Lipinski definition) is 3. The number of nitrogens with two attached hydrogens (primary N) is 1. The van der Waals surface area contributed by atoms with Crippen molar-refractivity contribution in [3.8, 4) is 11.4 Å². The molecule has 21 heavy (non-hydrogen) atoms. The van der Waals surface area contributed by atoms with Crippen LogP contribution < -0.4 is 5.73 Å². The maximum absolute atomic E-state index is 6.08. The van der Waals surface area contributed by atoms with E-state index >= 15 is 0 Å². The zero-order valence-corrected chi connectivity index (χ0v) is 13.4. The van der Waals surface area contributed by atoms with Crippen LogP contribution in [-0.2, 0) is 12.8 Å². The van der Waals surface area contributed by atoms with Gasteiger partial charge in [0.15, 0.2) is 5.82 Å². The van der Waals surface area contributed by atoms with Gasteiger partial charge in [0.1, 0.15) is 0 Å². The Bertz CT molecular complexity index is 685. The Morgan fingerprint density at radius 3 is 2.76 bits per heavy atom. The van der Waals surface area contributed by atoms with Gasteiger partial charge in [0, 0.05) is 17.0 Å². The van der Waals surface area contributed by atoms with Gasteiger partial charge in [-0.1, -0.05) is 23.2 Å². The molecule has 1 aliphatic carbocycles. The lowest BCUT2D eigenvalue weighted by Crippen LogP contribution is -2.24. The molecule has 1 aromatic heterocycles. The molecular formula is C16H17Cl2N3. The second kappa shape index (κ2) is 5.91. The van der Waals surface area contributed by atoms with E-state index in [9.17, 15) is 0 Å². The lowest BCUT2D eigenvalue weighted by atomic mass is 9.86. The van der Waals surface area contributed by atoms with E-state index in [1.807, 2.05) is 19.1 Å². The normalized spacial score (nSPS) is 17.6. The molecule has 3 nitrogen and oxygen atoms in total. The molecule has 0 bridgehead atoms. The predicted octanol–water partition coefficient (Wildman–Crippen LogP) is 3.82. The van der Waals surface area contributed by atoms with E-state index in [0.29, 0.717) is 16.0 Å². The van der Waals surface area contributed by atoms with Crippen molar-refractivity contribution in [3.63, 3.8) is 0 Å². The summed E-state index contributed by atoms with van der Waals surface area (Å²) in [5.41, 5.74) is 10.1. The fourth-order valence-electron chi connectivity index (χ4n) is 2.82. The van der Waals surface area contributed by atoms with E-state index in [0.717, 1.165) is 48.6 Å². The summed E-state index contributed by atoms with van der Waals surface area (Å²) in [4.78, 5) is 9.37. The standard InChI is InChI=1S/C16H17Cl2N3/c1-9-12-6-10(8-19)2-5-15(12)21-16(20-9)11-3-4-13(17)14(18)7-11/h3-4,7,10H,2,5-6,8,19H2,1H3. The molecule has 1 aliphatic rings. The third kappa shape index (κ3) is 2.91. The van der Waals surface area contributed by atoms with Crippen molar-refractivity contribution in [2.45, 2.75) is 26.2 Å². The second-order valence-electron chi connectivity index (χ2n) is 5.53. The Balaban J connectivity index is 2.02. The minimum absolute atomic E-state index is 0.524. The van der Waals surface area contributed by atoms with Crippen LogP contribution in [0.1, 0.15) is 23.4 Å². The topological polar surface area (TPSA) is 51.8 Å². The van der Waals surface area contributed by atoms with E-state index in [1.165, 1.54) is 5.56 Å². The summed E-state index contributed by atoms with van der Waals surface area (Å²) in [6, 6.07) is 5.50. The first-order valence-corrected chi connectivity index (χ1v) is 7.86. The highest BCUT2D eigenvalue weighted by molar-refractivity contribution is 6.42. The lowest BCUT2D eigenvalue weighted by molar-refractivity contribution is 0.460. The predicted molar refractivity (Wildman–Crippen MR) is 86.8 cm³/mol. The Morgan fingerprint density at radius 2 is 2.05 bits per heavy atom. The van der Waals surface area contributed by atoms with E-state index < -0.39 is 0 Å². The zero-order valence-electron chi connectivity index (χ0n) is 11.9. The van der Waals surface area contributed by atoms with E-state index in [-0.39, 0.29) is 0 Å². The van der Waals surface area contributed by atoms with Crippen LogP contribution in [0.25, 0.3) is 11.4 Å². The molecule has 1 aromatic carbocycles. The summed E-state index contributed by atoms with van der Waals surface area (Å²) in [5, 5.41) is 1.07. The fourth-order valence-corrected chi connectivity index (χ4v) is 3.12. The van der Waals surface area contributed by atoms with Crippen molar-refractivity contribution in [2.75, 3.05) is 6.54 Å². The summed E-state index contributed by atoms with van der Waals surface area (Å²) >= 11 is 12.0. The Kier molecular flexibility index (Phi) is 4.16. The van der Waals surface area contributed by atoms with Crippen molar-refractivity contribution in [2.24, 2.45) is 11.7 Å². The lowest BCUT2D eigenvalue weighted by Gasteiger charge is -2.24. The van der Waals surface area contributed by atoms with Gasteiger partial charge in [-0.15, -0.1) is 0 Å². The fraction of sp³-hybridized carbons (Fsp3) is 0.375. The third-order valence-electron chi connectivity index (χ3n) is 4.09. The molecule has 2 aromatic rings. The van der Waals surface area contributed by atoms with Crippen molar-refractivity contribution in [1.29, 1.82) is 0 Å². The maximum Gasteiger partial charge on any atom is 0.159 e. The Labute approximate surface area is 134 Å².